The summed E-state index contributed by atoms with van der Waals surface area (Å²) in [6, 6.07) is 21.5. The predicted molar refractivity (Wildman–Crippen MR) is 138 cm³/mol. The molecule has 0 atom stereocenters. The molecule has 0 saturated carbocycles. The Morgan fingerprint density at radius 3 is 1.85 bits per heavy atom. The van der Waals surface area contributed by atoms with Crippen molar-refractivity contribution in [2.24, 2.45) is 0 Å². The second-order valence-corrected chi connectivity index (χ2v) is 11.1. The van der Waals surface area contributed by atoms with Crippen LogP contribution >= 0.6 is 0 Å². The summed E-state index contributed by atoms with van der Waals surface area (Å²) in [5, 5.41) is 15.1. The molecular formula is C28H28N6. The maximum atomic E-state index is 5.06. The zero-order chi connectivity index (χ0) is 23.8. The molecule has 34 heavy (non-hydrogen) atoms. The van der Waals surface area contributed by atoms with E-state index < -0.39 is 0 Å². The zero-order valence-corrected chi connectivity index (χ0v) is 20.5. The molecule has 0 saturated heterocycles. The maximum absolute atomic E-state index is 5.06. The van der Waals surface area contributed by atoms with Gasteiger partial charge in [0.25, 0.3) is 0 Å². The quantitative estimate of drug-likeness (QED) is 0.293. The molecule has 3 aromatic heterocycles. The number of para-hydroxylation sites is 2. The highest BCUT2D eigenvalue weighted by atomic mass is 15.5. The van der Waals surface area contributed by atoms with Crippen molar-refractivity contribution < 1.29 is 0 Å². The maximum Gasteiger partial charge on any atom is 0.223 e. The number of hydrogen-bond acceptors (Lipinski definition) is 4. The Kier molecular flexibility index (Phi) is 4.19. The molecular weight excluding hydrogens is 420 g/mol. The molecule has 0 N–H and O–H groups in total. The van der Waals surface area contributed by atoms with Crippen molar-refractivity contribution in [2.75, 3.05) is 0 Å². The number of tetrazole rings is 1. The van der Waals surface area contributed by atoms with E-state index >= 15 is 0 Å². The Bertz CT molecular complexity index is 1650. The SMILES string of the molecule is CC(C)(C)c1ccc2c(c1)c1cc(C(C)(C)C)ccc1n2-c1nc2ccccc2n2nnnc12. The van der Waals surface area contributed by atoms with Gasteiger partial charge in [0, 0.05) is 10.8 Å². The first-order chi connectivity index (χ1) is 16.1. The van der Waals surface area contributed by atoms with Gasteiger partial charge in [-0.3, -0.25) is 4.57 Å². The zero-order valence-electron chi connectivity index (χ0n) is 20.5. The van der Waals surface area contributed by atoms with E-state index in [2.05, 4.69) is 98.0 Å². The molecule has 6 aromatic rings. The van der Waals surface area contributed by atoms with Crippen LogP contribution in [0.5, 0.6) is 0 Å². The van der Waals surface area contributed by atoms with E-state index in [-0.39, 0.29) is 10.8 Å². The Morgan fingerprint density at radius 2 is 1.26 bits per heavy atom. The molecule has 6 heteroatoms. The summed E-state index contributed by atoms with van der Waals surface area (Å²) < 4.78 is 3.99. The highest BCUT2D eigenvalue weighted by Crippen LogP contribution is 2.38. The predicted octanol–water partition coefficient (Wildman–Crippen LogP) is 6.36. The largest absolute Gasteiger partial charge is 0.291 e. The van der Waals surface area contributed by atoms with Crippen LogP contribution in [-0.4, -0.2) is 29.6 Å². The van der Waals surface area contributed by atoms with Gasteiger partial charge < -0.3 is 0 Å². The lowest BCUT2D eigenvalue weighted by Gasteiger charge is -2.19. The first-order valence-electron chi connectivity index (χ1n) is 11.7. The number of aromatic nitrogens is 6. The van der Waals surface area contributed by atoms with Crippen molar-refractivity contribution in [1.29, 1.82) is 0 Å². The minimum atomic E-state index is 0.0512. The molecule has 0 unspecified atom stereocenters. The van der Waals surface area contributed by atoms with Crippen LogP contribution in [0.4, 0.5) is 0 Å². The summed E-state index contributed by atoms with van der Waals surface area (Å²) in [6.45, 7) is 13.5. The molecule has 0 spiro atoms. The lowest BCUT2D eigenvalue weighted by atomic mass is 9.85. The minimum absolute atomic E-state index is 0.0512. The van der Waals surface area contributed by atoms with Crippen molar-refractivity contribution in [3.63, 3.8) is 0 Å². The van der Waals surface area contributed by atoms with Gasteiger partial charge in [-0.15, -0.1) is 5.10 Å². The normalized spacial score (nSPS) is 13.0. The van der Waals surface area contributed by atoms with Crippen LogP contribution in [0, 0.1) is 0 Å². The van der Waals surface area contributed by atoms with Crippen molar-refractivity contribution in [2.45, 2.75) is 52.4 Å². The summed E-state index contributed by atoms with van der Waals surface area (Å²) in [5.74, 6) is 0.732. The highest BCUT2D eigenvalue weighted by molar-refractivity contribution is 6.10. The molecule has 170 valence electrons. The summed E-state index contributed by atoms with van der Waals surface area (Å²) in [7, 11) is 0. The standard InChI is InChI=1S/C28H28N6/c1-27(2,3)17-11-13-22-19(15-17)20-16-18(28(4,5)6)12-14-23(20)33(22)25-26-30-31-32-34(26)24-10-8-7-9-21(24)29-25/h7-16H,1-6H3. The van der Waals surface area contributed by atoms with Crippen LogP contribution in [0.15, 0.2) is 60.7 Å². The monoisotopic (exact) mass is 448 g/mol. The molecule has 0 aliphatic carbocycles. The lowest BCUT2D eigenvalue weighted by Crippen LogP contribution is -2.10. The third-order valence-corrected chi connectivity index (χ3v) is 6.71. The molecule has 0 radical (unpaired) electrons. The Morgan fingerprint density at radius 1 is 0.676 bits per heavy atom. The van der Waals surface area contributed by atoms with Crippen LogP contribution in [0.25, 0.3) is 44.3 Å². The number of fused-ring (bicyclic) bond motifs is 6. The van der Waals surface area contributed by atoms with E-state index in [1.807, 2.05) is 24.3 Å². The van der Waals surface area contributed by atoms with Gasteiger partial charge in [-0.05, 0) is 68.8 Å². The first kappa shape index (κ1) is 20.8. The van der Waals surface area contributed by atoms with Crippen LogP contribution in [-0.2, 0) is 10.8 Å². The molecule has 0 fully saturated rings. The van der Waals surface area contributed by atoms with E-state index in [9.17, 15) is 0 Å². The fourth-order valence-electron chi connectivity index (χ4n) is 4.73. The second-order valence-electron chi connectivity index (χ2n) is 11.1. The fraction of sp³-hybridized carbons (Fsp3) is 0.286. The summed E-state index contributed by atoms with van der Waals surface area (Å²) in [6.07, 6.45) is 0. The van der Waals surface area contributed by atoms with Crippen LogP contribution in [0.2, 0.25) is 0 Å². The fourth-order valence-corrected chi connectivity index (χ4v) is 4.73. The third kappa shape index (κ3) is 3.01. The molecule has 0 aliphatic rings. The van der Waals surface area contributed by atoms with Gasteiger partial charge in [0.15, 0.2) is 5.82 Å². The van der Waals surface area contributed by atoms with E-state index in [1.54, 1.807) is 4.52 Å². The van der Waals surface area contributed by atoms with Crippen LogP contribution in [0.3, 0.4) is 0 Å². The molecule has 0 amide bonds. The van der Waals surface area contributed by atoms with E-state index in [1.165, 1.54) is 21.9 Å². The highest BCUT2D eigenvalue weighted by Gasteiger charge is 2.23. The van der Waals surface area contributed by atoms with Crippen molar-refractivity contribution >= 4 is 38.5 Å². The summed E-state index contributed by atoms with van der Waals surface area (Å²) >= 11 is 0. The van der Waals surface area contributed by atoms with E-state index in [0.29, 0.717) is 5.65 Å². The first-order valence-corrected chi connectivity index (χ1v) is 11.7. The van der Waals surface area contributed by atoms with Gasteiger partial charge in [-0.2, -0.15) is 4.52 Å². The van der Waals surface area contributed by atoms with Gasteiger partial charge in [-0.25, -0.2) is 4.98 Å². The molecule has 3 heterocycles. The Balaban J connectivity index is 1.78. The van der Waals surface area contributed by atoms with E-state index in [4.69, 9.17) is 4.98 Å². The molecule has 0 aliphatic heterocycles. The Labute approximate surface area is 198 Å². The Hall–Kier alpha value is -3.80. The van der Waals surface area contributed by atoms with Gasteiger partial charge in [0.05, 0.1) is 22.1 Å². The average molecular weight is 449 g/mol. The number of hydrogen-bond donors (Lipinski definition) is 0. The smallest absolute Gasteiger partial charge is 0.223 e. The average Bonchev–Trinajstić information content (AvgIpc) is 3.40. The number of nitrogens with zero attached hydrogens (tertiary/aromatic N) is 6. The number of rotatable bonds is 1. The van der Waals surface area contributed by atoms with Crippen LogP contribution in [0.1, 0.15) is 52.7 Å². The minimum Gasteiger partial charge on any atom is -0.291 e. The summed E-state index contributed by atoms with van der Waals surface area (Å²) in [5.41, 5.74) is 7.29. The summed E-state index contributed by atoms with van der Waals surface area (Å²) in [4.78, 5) is 5.06. The molecule has 3 aromatic carbocycles. The number of benzene rings is 3. The molecule has 6 rings (SSSR count). The van der Waals surface area contributed by atoms with Gasteiger partial charge in [0.2, 0.25) is 5.65 Å². The van der Waals surface area contributed by atoms with Crippen molar-refractivity contribution in [1.82, 2.24) is 29.6 Å². The van der Waals surface area contributed by atoms with Gasteiger partial charge in [0.1, 0.15) is 0 Å². The topological polar surface area (TPSA) is 60.9 Å². The molecule has 0 bridgehead atoms. The third-order valence-electron chi connectivity index (χ3n) is 6.71. The van der Waals surface area contributed by atoms with E-state index in [0.717, 1.165) is 27.9 Å². The van der Waals surface area contributed by atoms with Crippen LogP contribution < -0.4 is 0 Å². The van der Waals surface area contributed by atoms with Gasteiger partial charge in [-0.1, -0.05) is 65.8 Å². The second kappa shape index (κ2) is 6.86. The lowest BCUT2D eigenvalue weighted by molar-refractivity contribution is 0.590. The molecule has 6 nitrogen and oxygen atoms in total. The van der Waals surface area contributed by atoms with Crippen molar-refractivity contribution in [3.05, 3.63) is 71.8 Å². The van der Waals surface area contributed by atoms with Crippen molar-refractivity contribution in [3.8, 4) is 5.82 Å². The van der Waals surface area contributed by atoms with Gasteiger partial charge >= 0.3 is 0 Å².